The Labute approximate surface area is 223 Å². The summed E-state index contributed by atoms with van der Waals surface area (Å²) in [5, 5.41) is 3.08. The number of benzene rings is 3. The van der Waals surface area contributed by atoms with Crippen molar-refractivity contribution < 1.29 is 14.3 Å². The summed E-state index contributed by atoms with van der Waals surface area (Å²) in [6.07, 6.45) is 1.31. The van der Waals surface area contributed by atoms with Gasteiger partial charge in [-0.15, -0.1) is 0 Å². The molecule has 190 valence electrons. The maximum atomic E-state index is 13.7. The Morgan fingerprint density at radius 3 is 2.08 bits per heavy atom. The van der Waals surface area contributed by atoms with Crippen LogP contribution in [0.15, 0.2) is 83.3 Å². The maximum absolute atomic E-state index is 13.7. The Balaban J connectivity index is 1.90. The molecule has 3 rings (SSSR count). The average Bonchev–Trinajstić information content (AvgIpc) is 2.85. The SMILES string of the molecule is CCc1ccc(OCC(=O)N(Cc2ccccc2)C(Cc2ccccc2)C(=O)NC(C)(C)C)c(Br)c1. The number of nitrogens with zero attached hydrogens (tertiary/aromatic N) is 1. The molecule has 6 heteroatoms. The van der Waals surface area contributed by atoms with Gasteiger partial charge >= 0.3 is 0 Å². The van der Waals surface area contributed by atoms with Gasteiger partial charge in [0.05, 0.1) is 4.47 Å². The van der Waals surface area contributed by atoms with Crippen molar-refractivity contribution in [2.24, 2.45) is 0 Å². The Morgan fingerprint density at radius 1 is 0.917 bits per heavy atom. The number of carbonyl (C=O) groups is 2. The van der Waals surface area contributed by atoms with Crippen LogP contribution in [-0.2, 0) is 29.0 Å². The zero-order valence-corrected chi connectivity index (χ0v) is 23.0. The molecule has 2 amide bonds. The highest BCUT2D eigenvalue weighted by molar-refractivity contribution is 9.10. The molecule has 0 aliphatic carbocycles. The van der Waals surface area contributed by atoms with Gasteiger partial charge in [0.25, 0.3) is 5.91 Å². The van der Waals surface area contributed by atoms with Gasteiger partial charge < -0.3 is 15.0 Å². The van der Waals surface area contributed by atoms with E-state index in [0.29, 0.717) is 18.7 Å². The van der Waals surface area contributed by atoms with Crippen LogP contribution < -0.4 is 10.1 Å². The molecule has 1 unspecified atom stereocenters. The van der Waals surface area contributed by atoms with E-state index in [2.05, 4.69) is 28.2 Å². The number of halogens is 1. The van der Waals surface area contributed by atoms with Crippen molar-refractivity contribution in [3.05, 3.63) is 100 Å². The molecule has 3 aromatic carbocycles. The van der Waals surface area contributed by atoms with Gasteiger partial charge in [-0.1, -0.05) is 73.7 Å². The third kappa shape index (κ3) is 8.23. The lowest BCUT2D eigenvalue weighted by molar-refractivity contribution is -0.143. The predicted octanol–water partition coefficient (Wildman–Crippen LogP) is 5.95. The van der Waals surface area contributed by atoms with Gasteiger partial charge in [0, 0.05) is 18.5 Å². The molecule has 1 N–H and O–H groups in total. The fraction of sp³-hybridized carbons (Fsp3) is 0.333. The van der Waals surface area contributed by atoms with Gasteiger partial charge in [-0.2, -0.15) is 0 Å². The average molecular weight is 552 g/mol. The van der Waals surface area contributed by atoms with E-state index in [1.807, 2.05) is 99.6 Å². The van der Waals surface area contributed by atoms with E-state index in [9.17, 15) is 9.59 Å². The number of nitrogens with one attached hydrogen (secondary N) is 1. The molecule has 1 atom stereocenters. The van der Waals surface area contributed by atoms with Gasteiger partial charge in [0.1, 0.15) is 11.8 Å². The fourth-order valence-electron chi connectivity index (χ4n) is 3.89. The van der Waals surface area contributed by atoms with Gasteiger partial charge in [0.15, 0.2) is 6.61 Å². The van der Waals surface area contributed by atoms with Crippen LogP contribution in [0.2, 0.25) is 0 Å². The summed E-state index contributed by atoms with van der Waals surface area (Å²) in [6, 6.07) is 24.7. The number of carbonyl (C=O) groups excluding carboxylic acids is 2. The van der Waals surface area contributed by atoms with E-state index < -0.39 is 11.6 Å². The number of hydrogen-bond acceptors (Lipinski definition) is 3. The largest absolute Gasteiger partial charge is 0.483 e. The summed E-state index contributed by atoms with van der Waals surface area (Å²) in [5.41, 5.74) is 2.67. The highest BCUT2D eigenvalue weighted by Crippen LogP contribution is 2.26. The molecule has 0 fully saturated rings. The van der Waals surface area contributed by atoms with Crippen LogP contribution in [0.5, 0.6) is 5.75 Å². The number of amides is 2. The van der Waals surface area contributed by atoms with E-state index in [1.54, 1.807) is 4.90 Å². The third-order valence-corrected chi connectivity index (χ3v) is 6.34. The van der Waals surface area contributed by atoms with Crippen molar-refractivity contribution >= 4 is 27.7 Å². The van der Waals surface area contributed by atoms with Gasteiger partial charge in [-0.05, 0) is 71.9 Å². The monoisotopic (exact) mass is 550 g/mol. The molecule has 0 aromatic heterocycles. The topological polar surface area (TPSA) is 58.6 Å². The molecule has 36 heavy (non-hydrogen) atoms. The first kappa shape index (κ1) is 27.5. The van der Waals surface area contributed by atoms with E-state index in [0.717, 1.165) is 22.0 Å². The molecule has 0 aliphatic rings. The Hall–Kier alpha value is -3.12. The number of aryl methyl sites for hydroxylation is 1. The predicted molar refractivity (Wildman–Crippen MR) is 148 cm³/mol. The van der Waals surface area contributed by atoms with Crippen LogP contribution >= 0.6 is 15.9 Å². The lowest BCUT2D eigenvalue weighted by Crippen LogP contribution is -2.55. The Bertz CT molecular complexity index is 1140. The minimum atomic E-state index is -0.700. The van der Waals surface area contributed by atoms with Crippen LogP contribution in [0, 0.1) is 0 Å². The van der Waals surface area contributed by atoms with E-state index in [4.69, 9.17) is 4.74 Å². The summed E-state index contributed by atoms with van der Waals surface area (Å²) in [4.78, 5) is 28.8. The summed E-state index contributed by atoms with van der Waals surface area (Å²) < 4.78 is 6.73. The quantitative estimate of drug-likeness (QED) is 0.339. The minimum Gasteiger partial charge on any atom is -0.483 e. The molecule has 0 saturated carbocycles. The lowest BCUT2D eigenvalue weighted by atomic mass is 10.0. The second kappa shape index (κ2) is 12.7. The smallest absolute Gasteiger partial charge is 0.261 e. The van der Waals surface area contributed by atoms with Gasteiger partial charge in [-0.25, -0.2) is 0 Å². The molecule has 0 aliphatic heterocycles. The number of hydrogen-bond donors (Lipinski definition) is 1. The van der Waals surface area contributed by atoms with Crippen LogP contribution in [0.25, 0.3) is 0 Å². The van der Waals surface area contributed by atoms with Crippen molar-refractivity contribution in [2.75, 3.05) is 6.61 Å². The van der Waals surface area contributed by atoms with Crippen LogP contribution in [0.4, 0.5) is 0 Å². The van der Waals surface area contributed by atoms with Crippen molar-refractivity contribution in [2.45, 2.75) is 58.7 Å². The number of rotatable bonds is 10. The first-order chi connectivity index (χ1) is 17.2. The third-order valence-electron chi connectivity index (χ3n) is 5.72. The summed E-state index contributed by atoms with van der Waals surface area (Å²) in [7, 11) is 0. The minimum absolute atomic E-state index is 0.176. The van der Waals surface area contributed by atoms with E-state index in [1.165, 1.54) is 5.56 Å². The summed E-state index contributed by atoms with van der Waals surface area (Å²) >= 11 is 3.54. The molecule has 0 spiro atoms. The highest BCUT2D eigenvalue weighted by atomic mass is 79.9. The first-order valence-electron chi connectivity index (χ1n) is 12.3. The van der Waals surface area contributed by atoms with Crippen LogP contribution in [0.1, 0.15) is 44.4 Å². The lowest BCUT2D eigenvalue weighted by Gasteiger charge is -2.33. The molecular formula is C30H35BrN2O3. The zero-order valence-electron chi connectivity index (χ0n) is 21.5. The van der Waals surface area contributed by atoms with Gasteiger partial charge in [0.2, 0.25) is 5.91 Å². The van der Waals surface area contributed by atoms with Crippen molar-refractivity contribution in [1.29, 1.82) is 0 Å². The second-order valence-electron chi connectivity index (χ2n) is 9.86. The fourth-order valence-corrected chi connectivity index (χ4v) is 4.43. The van der Waals surface area contributed by atoms with Crippen LogP contribution in [-0.4, -0.2) is 34.9 Å². The summed E-state index contributed by atoms with van der Waals surface area (Å²) in [6.45, 7) is 8.03. The molecule has 3 aromatic rings. The van der Waals surface area contributed by atoms with E-state index >= 15 is 0 Å². The summed E-state index contributed by atoms with van der Waals surface area (Å²) in [5.74, 6) is 0.151. The Kier molecular flexibility index (Phi) is 9.71. The molecule has 0 radical (unpaired) electrons. The molecule has 0 bridgehead atoms. The molecular weight excluding hydrogens is 516 g/mol. The zero-order chi connectivity index (χ0) is 26.1. The standard InChI is InChI=1S/C30H35BrN2O3/c1-5-22-16-17-27(25(31)18-22)36-21-28(34)33(20-24-14-10-7-11-15-24)26(29(35)32-30(2,3)4)19-23-12-8-6-9-13-23/h6-18,26H,5,19-21H2,1-4H3,(H,32,35). The second-order valence-corrected chi connectivity index (χ2v) is 10.7. The normalized spacial score (nSPS) is 12.0. The highest BCUT2D eigenvalue weighted by Gasteiger charge is 2.32. The Morgan fingerprint density at radius 2 is 1.53 bits per heavy atom. The van der Waals surface area contributed by atoms with E-state index in [-0.39, 0.29) is 18.4 Å². The van der Waals surface area contributed by atoms with Gasteiger partial charge in [-0.3, -0.25) is 9.59 Å². The number of ether oxygens (including phenoxy) is 1. The maximum Gasteiger partial charge on any atom is 0.261 e. The van der Waals surface area contributed by atoms with Crippen LogP contribution in [0.3, 0.4) is 0 Å². The van der Waals surface area contributed by atoms with Crippen molar-refractivity contribution in [3.8, 4) is 5.75 Å². The molecule has 0 saturated heterocycles. The first-order valence-corrected chi connectivity index (χ1v) is 13.1. The molecule has 0 heterocycles. The van der Waals surface area contributed by atoms with Crippen molar-refractivity contribution in [3.63, 3.8) is 0 Å². The molecule has 5 nitrogen and oxygen atoms in total. The van der Waals surface area contributed by atoms with Crippen molar-refractivity contribution in [1.82, 2.24) is 10.2 Å².